The number of methoxy groups -OCH3 is 1. The smallest absolute Gasteiger partial charge is 0.186 e. The summed E-state index contributed by atoms with van der Waals surface area (Å²) in [5, 5.41) is 9.05. The summed E-state index contributed by atoms with van der Waals surface area (Å²) in [7, 11) is 1.62. The lowest BCUT2D eigenvalue weighted by molar-refractivity contribution is -0.228. The van der Waals surface area contributed by atoms with Gasteiger partial charge in [0.1, 0.15) is 18.3 Å². The van der Waals surface area contributed by atoms with Crippen LogP contribution < -0.4 is 0 Å². The van der Waals surface area contributed by atoms with Crippen molar-refractivity contribution in [1.82, 2.24) is 4.90 Å². The lowest BCUT2D eigenvalue weighted by Crippen LogP contribution is -2.41. The van der Waals surface area contributed by atoms with Gasteiger partial charge in [-0.1, -0.05) is 6.92 Å². The molecular weight excluding hydrogens is 250 g/mol. The Balaban J connectivity index is 2.01. The highest BCUT2D eigenvalue weighted by Crippen LogP contribution is 2.39. The number of aliphatic hydroxyl groups is 1. The molecule has 2 saturated heterocycles. The second-order valence-corrected chi connectivity index (χ2v) is 5.46. The molecule has 2 rings (SSSR count). The third kappa shape index (κ3) is 3.26. The molecule has 0 aromatic rings. The molecule has 4 atom stereocenters. The quantitative estimate of drug-likeness (QED) is 0.747. The zero-order valence-electron chi connectivity index (χ0n) is 12.2. The minimum atomic E-state index is -0.595. The summed E-state index contributed by atoms with van der Waals surface area (Å²) in [6.45, 7) is 8.21. The molecule has 4 unspecified atom stereocenters. The van der Waals surface area contributed by atoms with E-state index in [1.165, 1.54) is 0 Å². The van der Waals surface area contributed by atoms with Crippen LogP contribution in [0.3, 0.4) is 0 Å². The fourth-order valence-corrected chi connectivity index (χ4v) is 2.75. The molecule has 2 aliphatic rings. The monoisotopic (exact) mass is 275 g/mol. The van der Waals surface area contributed by atoms with Crippen LogP contribution in [-0.4, -0.2) is 73.7 Å². The van der Waals surface area contributed by atoms with Gasteiger partial charge in [-0.15, -0.1) is 0 Å². The molecule has 0 amide bonds. The largest absolute Gasteiger partial charge is 0.395 e. The van der Waals surface area contributed by atoms with Gasteiger partial charge in [-0.3, -0.25) is 4.90 Å². The summed E-state index contributed by atoms with van der Waals surface area (Å²) in [5.74, 6) is -0.595. The maximum absolute atomic E-state index is 9.05. The number of aliphatic hydroxyl groups excluding tert-OH is 1. The van der Waals surface area contributed by atoms with Crippen molar-refractivity contribution in [2.24, 2.45) is 0 Å². The summed E-state index contributed by atoms with van der Waals surface area (Å²) in [6.07, 6.45) is -0.779. The number of likely N-dealkylation sites (N-methyl/N-ethyl adjacent to an activating group) is 1. The third-order valence-corrected chi connectivity index (χ3v) is 3.64. The first-order chi connectivity index (χ1) is 9.00. The molecule has 2 heterocycles. The molecule has 0 aromatic carbocycles. The predicted octanol–water partition coefficient (Wildman–Crippen LogP) is 0.192. The number of nitrogens with zero attached hydrogens (tertiary/aromatic N) is 1. The summed E-state index contributed by atoms with van der Waals surface area (Å²) in [6, 6.07) is 0. The van der Waals surface area contributed by atoms with E-state index >= 15 is 0 Å². The van der Waals surface area contributed by atoms with Crippen LogP contribution >= 0.6 is 0 Å². The SMILES string of the molecule is CCN(CCO)CC1OC(OC)C2OC(C)(C)OC12. The molecule has 0 bridgehead atoms. The van der Waals surface area contributed by atoms with Gasteiger partial charge in [0, 0.05) is 20.2 Å². The van der Waals surface area contributed by atoms with Crippen molar-refractivity contribution in [3.05, 3.63) is 0 Å². The fraction of sp³-hybridized carbons (Fsp3) is 1.00. The highest BCUT2D eigenvalue weighted by molar-refractivity contribution is 4.96. The fourth-order valence-electron chi connectivity index (χ4n) is 2.75. The number of hydrogen-bond donors (Lipinski definition) is 1. The van der Waals surface area contributed by atoms with Crippen LogP contribution in [0.25, 0.3) is 0 Å². The van der Waals surface area contributed by atoms with Gasteiger partial charge in [0.05, 0.1) is 6.61 Å². The van der Waals surface area contributed by atoms with E-state index in [9.17, 15) is 0 Å². The van der Waals surface area contributed by atoms with Crippen molar-refractivity contribution < 1.29 is 24.1 Å². The van der Waals surface area contributed by atoms with Gasteiger partial charge in [-0.2, -0.15) is 0 Å². The van der Waals surface area contributed by atoms with E-state index in [0.717, 1.165) is 6.54 Å². The van der Waals surface area contributed by atoms with E-state index in [4.69, 9.17) is 24.1 Å². The Morgan fingerprint density at radius 3 is 2.53 bits per heavy atom. The molecule has 2 aliphatic heterocycles. The maximum Gasteiger partial charge on any atom is 0.186 e. The van der Waals surface area contributed by atoms with E-state index in [1.807, 2.05) is 13.8 Å². The van der Waals surface area contributed by atoms with Crippen molar-refractivity contribution in [2.45, 2.75) is 51.2 Å². The average Bonchev–Trinajstić information content (AvgIpc) is 2.83. The molecule has 0 radical (unpaired) electrons. The van der Waals surface area contributed by atoms with Crippen LogP contribution in [-0.2, 0) is 18.9 Å². The van der Waals surface area contributed by atoms with Crippen LogP contribution in [0.15, 0.2) is 0 Å². The first-order valence-corrected chi connectivity index (χ1v) is 6.88. The van der Waals surface area contributed by atoms with Gasteiger partial charge in [0.15, 0.2) is 12.1 Å². The predicted molar refractivity (Wildman–Crippen MR) is 68.7 cm³/mol. The zero-order chi connectivity index (χ0) is 14.0. The highest BCUT2D eigenvalue weighted by Gasteiger charge is 2.55. The molecule has 6 heteroatoms. The Labute approximate surface area is 114 Å². The van der Waals surface area contributed by atoms with E-state index in [2.05, 4.69) is 11.8 Å². The molecule has 0 aromatic heterocycles. The van der Waals surface area contributed by atoms with Gasteiger partial charge >= 0.3 is 0 Å². The molecule has 112 valence electrons. The van der Waals surface area contributed by atoms with Crippen molar-refractivity contribution in [3.63, 3.8) is 0 Å². The first-order valence-electron chi connectivity index (χ1n) is 6.88. The first kappa shape index (κ1) is 15.2. The van der Waals surface area contributed by atoms with Gasteiger partial charge in [-0.05, 0) is 20.4 Å². The van der Waals surface area contributed by atoms with Gasteiger partial charge in [-0.25, -0.2) is 0 Å². The third-order valence-electron chi connectivity index (χ3n) is 3.64. The van der Waals surface area contributed by atoms with Gasteiger partial charge in [0.2, 0.25) is 0 Å². The molecular formula is C13H25NO5. The number of fused-ring (bicyclic) bond motifs is 1. The van der Waals surface area contributed by atoms with Crippen molar-refractivity contribution in [3.8, 4) is 0 Å². The Morgan fingerprint density at radius 2 is 1.95 bits per heavy atom. The topological polar surface area (TPSA) is 60.4 Å². The lowest BCUT2D eigenvalue weighted by atomic mass is 10.1. The van der Waals surface area contributed by atoms with Gasteiger partial charge in [0.25, 0.3) is 0 Å². The minimum Gasteiger partial charge on any atom is -0.395 e. The van der Waals surface area contributed by atoms with Crippen molar-refractivity contribution in [2.75, 3.05) is 33.4 Å². The van der Waals surface area contributed by atoms with E-state index < -0.39 is 5.79 Å². The molecule has 1 N–H and O–H groups in total. The summed E-state index contributed by atoms with van der Waals surface area (Å²) in [5.41, 5.74) is 0. The average molecular weight is 275 g/mol. The Bertz CT molecular complexity index is 299. The Kier molecular flexibility index (Phi) is 4.81. The van der Waals surface area contributed by atoms with Crippen LogP contribution in [0, 0.1) is 0 Å². The second-order valence-electron chi connectivity index (χ2n) is 5.46. The van der Waals surface area contributed by atoms with E-state index in [1.54, 1.807) is 7.11 Å². The zero-order valence-corrected chi connectivity index (χ0v) is 12.2. The second kappa shape index (κ2) is 6.03. The Morgan fingerprint density at radius 1 is 1.26 bits per heavy atom. The standard InChI is InChI=1S/C13H25NO5/c1-5-14(6-7-15)8-9-10-11(12(16-4)17-9)19-13(2,3)18-10/h9-12,15H,5-8H2,1-4H3. The van der Waals surface area contributed by atoms with E-state index in [0.29, 0.717) is 13.1 Å². The summed E-state index contributed by atoms with van der Waals surface area (Å²) >= 11 is 0. The maximum atomic E-state index is 9.05. The molecule has 0 aliphatic carbocycles. The number of ether oxygens (including phenoxy) is 4. The van der Waals surface area contributed by atoms with Gasteiger partial charge < -0.3 is 24.1 Å². The van der Waals surface area contributed by atoms with E-state index in [-0.39, 0.29) is 31.2 Å². The van der Waals surface area contributed by atoms with Crippen molar-refractivity contribution in [1.29, 1.82) is 0 Å². The number of hydrogen-bond acceptors (Lipinski definition) is 6. The molecule has 0 saturated carbocycles. The molecule has 2 fully saturated rings. The molecule has 19 heavy (non-hydrogen) atoms. The molecule has 0 spiro atoms. The summed E-state index contributed by atoms with van der Waals surface area (Å²) < 4.78 is 22.9. The van der Waals surface area contributed by atoms with Crippen LogP contribution in [0.5, 0.6) is 0 Å². The molecule has 6 nitrogen and oxygen atoms in total. The van der Waals surface area contributed by atoms with Crippen LogP contribution in [0.4, 0.5) is 0 Å². The Hall–Kier alpha value is -0.240. The summed E-state index contributed by atoms with van der Waals surface area (Å²) in [4.78, 5) is 2.13. The van der Waals surface area contributed by atoms with Crippen LogP contribution in [0.1, 0.15) is 20.8 Å². The van der Waals surface area contributed by atoms with Crippen molar-refractivity contribution >= 4 is 0 Å². The minimum absolute atomic E-state index is 0.0942. The normalized spacial score (nSPS) is 36.9. The highest BCUT2D eigenvalue weighted by atomic mass is 16.8. The lowest BCUT2D eigenvalue weighted by Gasteiger charge is -2.27. The van der Waals surface area contributed by atoms with Crippen LogP contribution in [0.2, 0.25) is 0 Å². The number of rotatable bonds is 6.